The van der Waals surface area contributed by atoms with Crippen LogP contribution in [0.1, 0.15) is 0 Å². The molecule has 6 aromatic carbocycles. The maximum Gasteiger partial charge on any atom is 0.197 e. The Morgan fingerprint density at radius 2 is 1.00 bits per heavy atom. The minimum Gasteiger partial charge on any atom is -0.450 e. The SMILES string of the molecule is c1ccc(-n2c3ccccc3c3cc(-c4ccc5oc6c(-n7c8ccccc8c8ccccc87)ncnc6c5c4)ccc32)cc1. The first-order chi connectivity index (χ1) is 22.3. The average Bonchev–Trinajstić information content (AvgIpc) is 3.76. The molecule has 0 saturated heterocycles. The van der Waals surface area contributed by atoms with Crippen molar-refractivity contribution in [3.63, 3.8) is 0 Å². The lowest BCUT2D eigenvalue weighted by molar-refractivity contribution is 0.662. The Kier molecular flexibility index (Phi) is 4.93. The van der Waals surface area contributed by atoms with E-state index in [1.54, 1.807) is 6.33 Å². The number of furan rings is 1. The van der Waals surface area contributed by atoms with Gasteiger partial charge < -0.3 is 8.98 Å². The fourth-order valence-electron chi connectivity index (χ4n) is 7.06. The molecule has 0 atom stereocenters. The van der Waals surface area contributed by atoms with Gasteiger partial charge in [-0.1, -0.05) is 84.9 Å². The van der Waals surface area contributed by atoms with E-state index in [1.807, 2.05) is 0 Å². The van der Waals surface area contributed by atoms with E-state index in [2.05, 4.69) is 149 Å². The Bertz CT molecular complexity index is 2710. The molecule has 4 aromatic heterocycles. The third-order valence-electron chi connectivity index (χ3n) is 9.04. The molecule has 0 N–H and O–H groups in total. The number of hydrogen-bond acceptors (Lipinski definition) is 3. The van der Waals surface area contributed by atoms with Crippen molar-refractivity contribution in [2.24, 2.45) is 0 Å². The van der Waals surface area contributed by atoms with Crippen LogP contribution < -0.4 is 0 Å². The van der Waals surface area contributed by atoms with Gasteiger partial charge in [-0.05, 0) is 65.7 Å². The van der Waals surface area contributed by atoms with Crippen LogP contribution in [0.2, 0.25) is 0 Å². The predicted octanol–water partition coefficient (Wildman–Crippen LogP) is 10.2. The van der Waals surface area contributed by atoms with Gasteiger partial charge in [0, 0.05) is 32.6 Å². The molecule has 4 heterocycles. The van der Waals surface area contributed by atoms with E-state index in [0.29, 0.717) is 5.58 Å². The van der Waals surface area contributed by atoms with E-state index >= 15 is 0 Å². The third kappa shape index (κ3) is 3.43. The zero-order valence-electron chi connectivity index (χ0n) is 24.1. The summed E-state index contributed by atoms with van der Waals surface area (Å²) >= 11 is 0. The molecule has 0 radical (unpaired) electrons. The fourth-order valence-corrected chi connectivity index (χ4v) is 7.06. The number of rotatable bonds is 3. The molecule has 0 aliphatic rings. The van der Waals surface area contributed by atoms with Gasteiger partial charge in [0.25, 0.3) is 0 Å². The van der Waals surface area contributed by atoms with Crippen LogP contribution in [0.5, 0.6) is 0 Å². The van der Waals surface area contributed by atoms with E-state index in [-0.39, 0.29) is 0 Å². The average molecular weight is 577 g/mol. The maximum absolute atomic E-state index is 6.53. The summed E-state index contributed by atoms with van der Waals surface area (Å²) in [6, 6.07) is 49.2. The molecule has 0 aliphatic carbocycles. The summed E-state index contributed by atoms with van der Waals surface area (Å²) in [4.78, 5) is 9.51. The van der Waals surface area contributed by atoms with E-state index in [4.69, 9.17) is 14.4 Å². The van der Waals surface area contributed by atoms with Gasteiger partial charge in [-0.25, -0.2) is 9.97 Å². The summed E-state index contributed by atoms with van der Waals surface area (Å²) < 4.78 is 11.1. The first-order valence-electron chi connectivity index (χ1n) is 15.1. The van der Waals surface area contributed by atoms with Crippen LogP contribution in [0.15, 0.2) is 150 Å². The lowest BCUT2D eigenvalue weighted by atomic mass is 10.0. The van der Waals surface area contributed by atoms with E-state index < -0.39 is 0 Å². The van der Waals surface area contributed by atoms with Crippen molar-refractivity contribution in [3.05, 3.63) is 146 Å². The Balaban J connectivity index is 1.18. The zero-order valence-corrected chi connectivity index (χ0v) is 24.1. The van der Waals surface area contributed by atoms with Crippen LogP contribution in [0, 0.1) is 0 Å². The highest BCUT2D eigenvalue weighted by molar-refractivity contribution is 6.13. The monoisotopic (exact) mass is 576 g/mol. The summed E-state index contributed by atoms with van der Waals surface area (Å²) in [5.74, 6) is 0.741. The van der Waals surface area contributed by atoms with E-state index in [0.717, 1.165) is 50.2 Å². The minimum absolute atomic E-state index is 0.678. The van der Waals surface area contributed by atoms with Crippen LogP contribution in [0.25, 0.3) is 88.3 Å². The van der Waals surface area contributed by atoms with Crippen molar-refractivity contribution in [1.82, 2.24) is 19.1 Å². The fraction of sp³-hybridized carbons (Fsp3) is 0. The maximum atomic E-state index is 6.53. The van der Waals surface area contributed by atoms with Crippen LogP contribution in [0.3, 0.4) is 0 Å². The third-order valence-corrected chi connectivity index (χ3v) is 9.04. The molecule has 0 unspecified atom stereocenters. The Morgan fingerprint density at radius 1 is 0.444 bits per heavy atom. The van der Waals surface area contributed by atoms with Crippen molar-refractivity contribution in [2.75, 3.05) is 0 Å². The number of benzene rings is 6. The Morgan fingerprint density at radius 3 is 1.71 bits per heavy atom. The standard InChI is InChI=1S/C40H24N4O/c1-2-10-27(11-3-1)43-33-15-7-6-14-30(33)31-22-25(18-20-36(31)43)26-19-21-37-32(23-26)38-39(45-37)40(42-24-41-38)44-34-16-8-4-12-28(34)29-13-5-9-17-35(29)44/h1-24H. The summed E-state index contributed by atoms with van der Waals surface area (Å²) in [5.41, 5.74) is 10.2. The zero-order chi connectivity index (χ0) is 29.5. The molecular weight excluding hydrogens is 552 g/mol. The molecule has 0 spiro atoms. The molecule has 10 rings (SSSR count). The van der Waals surface area contributed by atoms with Crippen molar-refractivity contribution in [2.45, 2.75) is 0 Å². The molecule has 210 valence electrons. The summed E-state index contributed by atoms with van der Waals surface area (Å²) in [6.45, 7) is 0. The normalized spacial score (nSPS) is 12.0. The largest absolute Gasteiger partial charge is 0.450 e. The van der Waals surface area contributed by atoms with E-state index in [9.17, 15) is 0 Å². The molecule has 45 heavy (non-hydrogen) atoms. The van der Waals surface area contributed by atoms with Crippen molar-refractivity contribution in [3.8, 4) is 22.6 Å². The van der Waals surface area contributed by atoms with Gasteiger partial charge in [-0.2, -0.15) is 0 Å². The Labute approximate surface area is 257 Å². The predicted molar refractivity (Wildman–Crippen MR) is 183 cm³/mol. The van der Waals surface area contributed by atoms with Crippen LogP contribution >= 0.6 is 0 Å². The van der Waals surface area contributed by atoms with E-state index in [1.165, 1.54) is 32.6 Å². The minimum atomic E-state index is 0.678. The van der Waals surface area contributed by atoms with Gasteiger partial charge >= 0.3 is 0 Å². The lowest BCUT2D eigenvalue weighted by Gasteiger charge is -2.08. The topological polar surface area (TPSA) is 48.8 Å². The second-order valence-corrected chi connectivity index (χ2v) is 11.5. The van der Waals surface area contributed by atoms with Crippen LogP contribution in [-0.2, 0) is 0 Å². The second-order valence-electron chi connectivity index (χ2n) is 11.5. The van der Waals surface area contributed by atoms with Gasteiger partial charge in [0.1, 0.15) is 17.4 Å². The molecule has 5 nitrogen and oxygen atoms in total. The first-order valence-corrected chi connectivity index (χ1v) is 15.1. The number of aromatic nitrogens is 4. The first kappa shape index (κ1) is 24.3. The van der Waals surface area contributed by atoms with Gasteiger partial charge in [0.05, 0.1) is 22.1 Å². The molecular formula is C40H24N4O. The highest BCUT2D eigenvalue weighted by Gasteiger charge is 2.20. The van der Waals surface area contributed by atoms with Crippen molar-refractivity contribution in [1.29, 1.82) is 0 Å². The smallest absolute Gasteiger partial charge is 0.197 e. The summed E-state index contributed by atoms with van der Waals surface area (Å²) in [6.07, 6.45) is 1.65. The quantitative estimate of drug-likeness (QED) is 0.210. The highest BCUT2D eigenvalue weighted by atomic mass is 16.3. The Hall–Kier alpha value is -6.20. The number of fused-ring (bicyclic) bond motifs is 9. The summed E-state index contributed by atoms with van der Waals surface area (Å²) in [5, 5.41) is 5.79. The molecule has 0 bridgehead atoms. The van der Waals surface area contributed by atoms with Crippen LogP contribution in [0.4, 0.5) is 0 Å². The second kappa shape index (κ2) is 9.15. The molecule has 5 heteroatoms. The molecule has 0 saturated carbocycles. The van der Waals surface area contributed by atoms with Crippen molar-refractivity contribution < 1.29 is 4.42 Å². The lowest BCUT2D eigenvalue weighted by Crippen LogP contribution is -1.98. The molecule has 0 aliphatic heterocycles. The van der Waals surface area contributed by atoms with Crippen LogP contribution in [-0.4, -0.2) is 19.1 Å². The molecule has 10 aromatic rings. The number of nitrogens with zero attached hydrogens (tertiary/aromatic N) is 4. The number of para-hydroxylation sites is 4. The van der Waals surface area contributed by atoms with Crippen molar-refractivity contribution >= 4 is 65.7 Å². The molecule has 0 fully saturated rings. The van der Waals surface area contributed by atoms with Gasteiger partial charge in [0.15, 0.2) is 11.4 Å². The summed E-state index contributed by atoms with van der Waals surface area (Å²) in [7, 11) is 0. The molecule has 0 amide bonds. The van der Waals surface area contributed by atoms with Gasteiger partial charge in [0.2, 0.25) is 0 Å². The van der Waals surface area contributed by atoms with Gasteiger partial charge in [-0.15, -0.1) is 0 Å². The highest BCUT2D eigenvalue weighted by Crippen LogP contribution is 2.39. The van der Waals surface area contributed by atoms with Gasteiger partial charge in [-0.3, -0.25) is 4.57 Å². The number of hydrogen-bond donors (Lipinski definition) is 0.